The zero-order valence-electron chi connectivity index (χ0n) is 21.7. The van der Waals surface area contributed by atoms with E-state index in [1.54, 1.807) is 36.4 Å². The predicted molar refractivity (Wildman–Crippen MR) is 146 cm³/mol. The third-order valence-corrected chi connectivity index (χ3v) is 5.94. The minimum Gasteiger partial charge on any atom is -0.494 e. The van der Waals surface area contributed by atoms with Gasteiger partial charge in [0.25, 0.3) is 0 Å². The van der Waals surface area contributed by atoms with Gasteiger partial charge in [-0.2, -0.15) is 0 Å². The highest BCUT2D eigenvalue weighted by molar-refractivity contribution is 9.10. The normalized spacial score (nSPS) is 10.7. The maximum Gasteiger partial charge on any atom is 0.343 e. The van der Waals surface area contributed by atoms with Crippen LogP contribution in [0.5, 0.6) is 28.7 Å². The van der Waals surface area contributed by atoms with Gasteiger partial charge in [-0.1, -0.05) is 41.8 Å². The van der Waals surface area contributed by atoms with E-state index in [9.17, 15) is 9.59 Å². The number of hydrogen-bond acceptors (Lipinski definition) is 7. The molecule has 0 heterocycles. The third-order valence-electron chi connectivity index (χ3n) is 5.44. The molecule has 0 unspecified atom stereocenters. The smallest absolute Gasteiger partial charge is 0.343 e. The molecule has 0 spiro atoms. The first kappa shape index (κ1) is 28.3. The molecule has 0 radical (unpaired) electrons. The number of rotatable bonds is 13. The maximum absolute atomic E-state index is 13.2. The van der Waals surface area contributed by atoms with E-state index >= 15 is 0 Å². The Balaban J connectivity index is 2.22. The van der Waals surface area contributed by atoms with Crippen molar-refractivity contribution in [1.82, 2.24) is 0 Å². The summed E-state index contributed by atoms with van der Waals surface area (Å²) < 4.78 is 30.2. The predicted octanol–water partition coefficient (Wildman–Crippen LogP) is 7.50. The zero-order valence-corrected chi connectivity index (χ0v) is 23.3. The standard InChI is InChI=1S/C29H33BrO7/c1-5-9-10-14-24(31)36-26-23-18-21(33-6-2)15-16-22(23)25(27(34-7-3)28(26)35-8-4)37-29(32)19-12-11-13-20(30)17-19/h11-13,15-18H,5-10,14H2,1-4H3. The van der Waals surface area contributed by atoms with Gasteiger partial charge in [0.15, 0.2) is 11.5 Å². The van der Waals surface area contributed by atoms with Crippen molar-refractivity contribution in [3.05, 3.63) is 52.5 Å². The summed E-state index contributed by atoms with van der Waals surface area (Å²) in [5.41, 5.74) is 0.361. The van der Waals surface area contributed by atoms with E-state index in [0.717, 1.165) is 23.7 Å². The summed E-state index contributed by atoms with van der Waals surface area (Å²) in [6.45, 7) is 8.59. The summed E-state index contributed by atoms with van der Waals surface area (Å²) in [5, 5.41) is 1.04. The van der Waals surface area contributed by atoms with Gasteiger partial charge in [-0.15, -0.1) is 0 Å². The maximum atomic E-state index is 13.2. The number of carbonyl (C=O) groups excluding carboxylic acids is 2. The van der Waals surface area contributed by atoms with E-state index < -0.39 is 5.97 Å². The second-order valence-corrected chi connectivity index (χ2v) is 9.07. The summed E-state index contributed by atoms with van der Waals surface area (Å²) >= 11 is 3.39. The number of carbonyl (C=O) groups is 2. The first-order chi connectivity index (χ1) is 17.9. The van der Waals surface area contributed by atoms with E-state index in [1.165, 1.54) is 0 Å². The van der Waals surface area contributed by atoms with Crippen LogP contribution in [-0.4, -0.2) is 31.8 Å². The molecule has 0 aliphatic heterocycles. The van der Waals surface area contributed by atoms with Crippen LogP contribution < -0.4 is 23.7 Å². The third kappa shape index (κ3) is 7.16. The summed E-state index contributed by atoms with van der Waals surface area (Å²) in [6.07, 6.45) is 2.92. The molecular formula is C29H33BrO7. The molecule has 0 aromatic heterocycles. The molecule has 0 saturated heterocycles. The van der Waals surface area contributed by atoms with Crippen molar-refractivity contribution in [2.24, 2.45) is 0 Å². The molecule has 7 nitrogen and oxygen atoms in total. The topological polar surface area (TPSA) is 80.3 Å². The number of halogens is 1. The summed E-state index contributed by atoms with van der Waals surface area (Å²) in [5.74, 6) is 0.425. The Kier molecular flexibility index (Phi) is 10.6. The van der Waals surface area contributed by atoms with Gasteiger partial charge < -0.3 is 23.7 Å². The summed E-state index contributed by atoms with van der Waals surface area (Å²) in [7, 11) is 0. The minimum atomic E-state index is -0.566. The van der Waals surface area contributed by atoms with E-state index in [1.807, 2.05) is 26.8 Å². The van der Waals surface area contributed by atoms with E-state index in [2.05, 4.69) is 22.9 Å². The molecule has 37 heavy (non-hydrogen) atoms. The van der Waals surface area contributed by atoms with Gasteiger partial charge in [0.2, 0.25) is 11.5 Å². The van der Waals surface area contributed by atoms with Crippen LogP contribution in [0.1, 0.15) is 63.7 Å². The first-order valence-corrected chi connectivity index (χ1v) is 13.4. The second-order valence-electron chi connectivity index (χ2n) is 8.15. The van der Waals surface area contributed by atoms with Crippen LogP contribution in [0.15, 0.2) is 46.9 Å². The lowest BCUT2D eigenvalue weighted by Gasteiger charge is -2.21. The minimum absolute atomic E-state index is 0.180. The number of fused-ring (bicyclic) bond motifs is 1. The largest absolute Gasteiger partial charge is 0.494 e. The van der Waals surface area contributed by atoms with Crippen molar-refractivity contribution < 1.29 is 33.3 Å². The second kappa shape index (κ2) is 13.9. The molecule has 3 rings (SSSR count). The molecule has 0 bridgehead atoms. The Labute approximate surface area is 226 Å². The Morgan fingerprint density at radius 2 is 1.41 bits per heavy atom. The highest BCUT2D eigenvalue weighted by Crippen LogP contribution is 2.52. The summed E-state index contributed by atoms with van der Waals surface area (Å²) in [4.78, 5) is 26.0. The molecule has 0 aliphatic rings. The van der Waals surface area contributed by atoms with E-state index in [-0.39, 0.29) is 48.6 Å². The SMILES string of the molecule is CCCCCC(=O)Oc1c(OCC)c(OCC)c(OC(=O)c2cccc(Br)c2)c2ccc(OCC)cc12. The molecule has 198 valence electrons. The van der Waals surface area contributed by atoms with Gasteiger partial charge >= 0.3 is 11.9 Å². The fourth-order valence-electron chi connectivity index (χ4n) is 3.82. The average Bonchev–Trinajstić information content (AvgIpc) is 2.88. The lowest BCUT2D eigenvalue weighted by Crippen LogP contribution is -2.13. The van der Waals surface area contributed by atoms with E-state index in [0.29, 0.717) is 28.7 Å². The van der Waals surface area contributed by atoms with Crippen LogP contribution in [0.25, 0.3) is 10.8 Å². The fourth-order valence-corrected chi connectivity index (χ4v) is 4.22. The van der Waals surface area contributed by atoms with E-state index in [4.69, 9.17) is 23.7 Å². The molecule has 0 atom stereocenters. The van der Waals surface area contributed by atoms with Crippen molar-refractivity contribution in [3.8, 4) is 28.7 Å². The van der Waals surface area contributed by atoms with Crippen LogP contribution in [0.4, 0.5) is 0 Å². The van der Waals surface area contributed by atoms with Crippen LogP contribution in [0.2, 0.25) is 0 Å². The highest BCUT2D eigenvalue weighted by atomic mass is 79.9. The van der Waals surface area contributed by atoms with Gasteiger partial charge in [0.1, 0.15) is 5.75 Å². The molecular weight excluding hydrogens is 540 g/mol. The van der Waals surface area contributed by atoms with Crippen molar-refractivity contribution >= 4 is 38.6 Å². The van der Waals surface area contributed by atoms with Crippen molar-refractivity contribution in [1.29, 1.82) is 0 Å². The fraction of sp³-hybridized carbons (Fsp3) is 0.379. The van der Waals surface area contributed by atoms with Crippen molar-refractivity contribution in [3.63, 3.8) is 0 Å². The summed E-state index contributed by atoms with van der Waals surface area (Å²) in [6, 6.07) is 12.2. The van der Waals surface area contributed by atoms with Gasteiger partial charge in [-0.25, -0.2) is 4.79 Å². The Hall–Kier alpha value is -3.26. The number of unbranched alkanes of at least 4 members (excludes halogenated alkanes) is 2. The van der Waals surface area contributed by atoms with Gasteiger partial charge in [-0.3, -0.25) is 4.79 Å². The number of ether oxygens (including phenoxy) is 5. The molecule has 0 amide bonds. The zero-order chi connectivity index (χ0) is 26.8. The molecule has 0 saturated carbocycles. The Morgan fingerprint density at radius 3 is 2.03 bits per heavy atom. The lowest BCUT2D eigenvalue weighted by molar-refractivity contribution is -0.134. The molecule has 8 heteroatoms. The molecule has 0 aliphatic carbocycles. The van der Waals surface area contributed by atoms with Crippen LogP contribution in [-0.2, 0) is 4.79 Å². The van der Waals surface area contributed by atoms with Gasteiger partial charge in [0.05, 0.1) is 25.4 Å². The van der Waals surface area contributed by atoms with Crippen molar-refractivity contribution in [2.45, 2.75) is 53.4 Å². The average molecular weight is 573 g/mol. The van der Waals surface area contributed by atoms with Crippen LogP contribution in [0.3, 0.4) is 0 Å². The molecule has 3 aromatic carbocycles. The highest BCUT2D eigenvalue weighted by Gasteiger charge is 2.28. The molecule has 0 N–H and O–H groups in total. The number of esters is 2. The Morgan fingerprint density at radius 1 is 0.730 bits per heavy atom. The first-order valence-electron chi connectivity index (χ1n) is 12.6. The van der Waals surface area contributed by atoms with Crippen molar-refractivity contribution in [2.75, 3.05) is 19.8 Å². The molecule has 3 aromatic rings. The monoisotopic (exact) mass is 572 g/mol. The Bertz CT molecular complexity index is 1240. The number of benzene rings is 3. The van der Waals surface area contributed by atoms with Gasteiger partial charge in [0, 0.05) is 21.7 Å². The number of hydrogen-bond donors (Lipinski definition) is 0. The van der Waals surface area contributed by atoms with Crippen LogP contribution >= 0.6 is 15.9 Å². The lowest BCUT2D eigenvalue weighted by atomic mass is 10.1. The quantitative estimate of drug-likeness (QED) is 0.119. The van der Waals surface area contributed by atoms with Gasteiger partial charge in [-0.05, 0) is 63.6 Å². The molecule has 0 fully saturated rings. The van der Waals surface area contributed by atoms with Crippen LogP contribution in [0, 0.1) is 0 Å².